The molecule has 0 saturated carbocycles. The normalized spacial score (nSPS) is 10.1. The lowest BCUT2D eigenvalue weighted by atomic mass is 10.2. The summed E-state index contributed by atoms with van der Waals surface area (Å²) in [6.45, 7) is 3.10. The van der Waals surface area contributed by atoms with Crippen LogP contribution in [0.4, 0.5) is 10.5 Å². The Morgan fingerprint density at radius 3 is 2.50 bits per heavy atom. The number of hydrogen-bond acceptors (Lipinski definition) is 2. The number of para-hydroxylation sites is 1. The van der Waals surface area contributed by atoms with Crippen molar-refractivity contribution in [2.24, 2.45) is 0 Å². The van der Waals surface area contributed by atoms with E-state index in [0.717, 1.165) is 18.5 Å². The number of aliphatic carboxylic acids is 1. The highest BCUT2D eigenvalue weighted by Crippen LogP contribution is 2.14. The Hall–Kier alpha value is -2.04. The fraction of sp³-hybridized carbons (Fsp3) is 0.467. The predicted octanol–water partition coefficient (Wildman–Crippen LogP) is 2.87. The summed E-state index contributed by atoms with van der Waals surface area (Å²) < 4.78 is 0. The molecule has 0 unspecified atom stereocenters. The monoisotopic (exact) mass is 278 g/mol. The summed E-state index contributed by atoms with van der Waals surface area (Å²) >= 11 is 0. The molecule has 0 fully saturated rings. The van der Waals surface area contributed by atoms with Crippen molar-refractivity contribution in [3.8, 4) is 0 Å². The number of nitrogens with one attached hydrogen (secondary N) is 1. The third kappa shape index (κ3) is 5.73. The van der Waals surface area contributed by atoms with Crippen LogP contribution in [-0.2, 0) is 4.79 Å². The second-order valence-electron chi connectivity index (χ2n) is 4.57. The van der Waals surface area contributed by atoms with E-state index in [2.05, 4.69) is 12.2 Å². The molecule has 110 valence electrons. The molecule has 0 spiro atoms. The minimum absolute atomic E-state index is 0.0611. The molecule has 0 saturated heterocycles. The fourth-order valence-electron chi connectivity index (χ4n) is 1.81. The van der Waals surface area contributed by atoms with E-state index in [-0.39, 0.29) is 12.5 Å². The lowest BCUT2D eigenvalue weighted by Gasteiger charge is -2.23. The Bertz CT molecular complexity index is 420. The second-order valence-corrected chi connectivity index (χ2v) is 4.57. The molecule has 1 aromatic carbocycles. The van der Waals surface area contributed by atoms with Crippen LogP contribution in [0.1, 0.15) is 32.6 Å². The Labute approximate surface area is 119 Å². The van der Waals surface area contributed by atoms with Gasteiger partial charge < -0.3 is 10.4 Å². The Morgan fingerprint density at radius 1 is 1.20 bits per heavy atom. The molecule has 1 rings (SSSR count). The maximum atomic E-state index is 12.2. The van der Waals surface area contributed by atoms with E-state index in [1.165, 1.54) is 0 Å². The van der Waals surface area contributed by atoms with Crippen LogP contribution in [0.5, 0.6) is 0 Å². The number of rotatable bonds is 8. The third-order valence-corrected chi connectivity index (χ3v) is 2.89. The average Bonchev–Trinajstić information content (AvgIpc) is 2.44. The van der Waals surface area contributed by atoms with Gasteiger partial charge in [0.2, 0.25) is 0 Å². The number of carbonyl (C=O) groups is 2. The first-order chi connectivity index (χ1) is 9.65. The minimum Gasteiger partial charge on any atom is -0.481 e. The van der Waals surface area contributed by atoms with E-state index in [1.54, 1.807) is 4.90 Å². The summed E-state index contributed by atoms with van der Waals surface area (Å²) in [5, 5.41) is 11.5. The summed E-state index contributed by atoms with van der Waals surface area (Å²) in [5.74, 6) is -0.843. The summed E-state index contributed by atoms with van der Waals surface area (Å²) in [6.07, 6.45) is 2.45. The SMILES string of the molecule is CCCCNC(=O)N(CCCC(=O)O)c1ccccc1. The summed E-state index contributed by atoms with van der Waals surface area (Å²) in [5.41, 5.74) is 0.784. The summed E-state index contributed by atoms with van der Waals surface area (Å²) in [7, 11) is 0. The molecule has 0 aromatic heterocycles. The van der Waals surface area contributed by atoms with Crippen molar-refractivity contribution in [3.63, 3.8) is 0 Å². The van der Waals surface area contributed by atoms with Gasteiger partial charge in [-0.1, -0.05) is 31.5 Å². The van der Waals surface area contributed by atoms with Gasteiger partial charge in [0.1, 0.15) is 0 Å². The van der Waals surface area contributed by atoms with Gasteiger partial charge in [0.25, 0.3) is 0 Å². The standard InChI is InChI=1S/C15H22N2O3/c1-2-3-11-16-15(20)17(12-7-10-14(18)19)13-8-5-4-6-9-13/h4-6,8-9H,2-3,7,10-12H2,1H3,(H,16,20)(H,18,19). The van der Waals surface area contributed by atoms with Crippen LogP contribution in [0.3, 0.4) is 0 Å². The van der Waals surface area contributed by atoms with Crippen LogP contribution in [0.25, 0.3) is 0 Å². The van der Waals surface area contributed by atoms with E-state index in [4.69, 9.17) is 5.11 Å². The van der Waals surface area contributed by atoms with Crippen LogP contribution >= 0.6 is 0 Å². The van der Waals surface area contributed by atoms with Crippen molar-refractivity contribution in [2.45, 2.75) is 32.6 Å². The first-order valence-corrected chi connectivity index (χ1v) is 6.97. The molecule has 0 aliphatic heterocycles. The molecule has 5 nitrogen and oxygen atoms in total. The number of carboxylic acids is 1. The average molecular weight is 278 g/mol. The van der Waals surface area contributed by atoms with Crippen molar-refractivity contribution in [2.75, 3.05) is 18.0 Å². The molecule has 2 amide bonds. The zero-order valence-corrected chi connectivity index (χ0v) is 11.8. The lowest BCUT2D eigenvalue weighted by Crippen LogP contribution is -2.41. The molecule has 1 aromatic rings. The highest BCUT2D eigenvalue weighted by Gasteiger charge is 2.15. The van der Waals surface area contributed by atoms with E-state index in [1.807, 2.05) is 30.3 Å². The highest BCUT2D eigenvalue weighted by molar-refractivity contribution is 5.91. The molecule has 0 radical (unpaired) electrons. The number of amides is 2. The third-order valence-electron chi connectivity index (χ3n) is 2.89. The van der Waals surface area contributed by atoms with Crippen molar-refractivity contribution in [3.05, 3.63) is 30.3 Å². The topological polar surface area (TPSA) is 69.6 Å². The van der Waals surface area contributed by atoms with Crippen LogP contribution in [0, 0.1) is 0 Å². The summed E-state index contributed by atoms with van der Waals surface area (Å²) in [6, 6.07) is 9.13. The molecular weight excluding hydrogens is 256 g/mol. The van der Waals surface area contributed by atoms with E-state index >= 15 is 0 Å². The van der Waals surface area contributed by atoms with Crippen LogP contribution < -0.4 is 10.2 Å². The number of hydrogen-bond donors (Lipinski definition) is 2. The Morgan fingerprint density at radius 2 is 1.90 bits per heavy atom. The van der Waals surface area contributed by atoms with Gasteiger partial charge >= 0.3 is 12.0 Å². The van der Waals surface area contributed by atoms with Gasteiger partial charge in [-0.2, -0.15) is 0 Å². The van der Waals surface area contributed by atoms with Gasteiger partial charge in [-0.25, -0.2) is 4.79 Å². The molecule has 20 heavy (non-hydrogen) atoms. The zero-order valence-electron chi connectivity index (χ0n) is 11.8. The quantitative estimate of drug-likeness (QED) is 0.718. The first-order valence-electron chi connectivity index (χ1n) is 6.97. The Balaban J connectivity index is 2.63. The largest absolute Gasteiger partial charge is 0.481 e. The first kappa shape index (κ1) is 16.0. The minimum atomic E-state index is -0.843. The number of benzene rings is 1. The van der Waals surface area contributed by atoms with Gasteiger partial charge in [-0.15, -0.1) is 0 Å². The van der Waals surface area contributed by atoms with E-state index in [0.29, 0.717) is 19.5 Å². The number of nitrogens with zero attached hydrogens (tertiary/aromatic N) is 1. The number of anilines is 1. The molecule has 0 aliphatic rings. The molecule has 0 bridgehead atoms. The number of carbonyl (C=O) groups excluding carboxylic acids is 1. The van der Waals surface area contributed by atoms with Crippen molar-refractivity contribution >= 4 is 17.7 Å². The van der Waals surface area contributed by atoms with Crippen LogP contribution in [-0.4, -0.2) is 30.2 Å². The predicted molar refractivity (Wildman–Crippen MR) is 79.0 cm³/mol. The smallest absolute Gasteiger partial charge is 0.321 e. The maximum absolute atomic E-state index is 12.2. The second kappa shape index (κ2) is 8.96. The van der Waals surface area contributed by atoms with Crippen LogP contribution in [0.15, 0.2) is 30.3 Å². The molecule has 0 heterocycles. The molecule has 2 N–H and O–H groups in total. The fourth-order valence-corrected chi connectivity index (χ4v) is 1.81. The molecule has 5 heteroatoms. The van der Waals surface area contributed by atoms with Crippen molar-refractivity contribution in [1.29, 1.82) is 0 Å². The highest BCUT2D eigenvalue weighted by atomic mass is 16.4. The number of unbranched alkanes of at least 4 members (excludes halogenated alkanes) is 1. The van der Waals surface area contributed by atoms with Gasteiger partial charge in [0.05, 0.1) is 0 Å². The molecule has 0 atom stereocenters. The van der Waals surface area contributed by atoms with Crippen molar-refractivity contribution in [1.82, 2.24) is 5.32 Å². The van der Waals surface area contributed by atoms with E-state index in [9.17, 15) is 9.59 Å². The van der Waals surface area contributed by atoms with E-state index < -0.39 is 5.97 Å². The van der Waals surface area contributed by atoms with Crippen molar-refractivity contribution < 1.29 is 14.7 Å². The molecule has 0 aliphatic carbocycles. The zero-order chi connectivity index (χ0) is 14.8. The van der Waals surface area contributed by atoms with Gasteiger partial charge in [0.15, 0.2) is 0 Å². The summed E-state index contributed by atoms with van der Waals surface area (Å²) in [4.78, 5) is 24.3. The number of urea groups is 1. The maximum Gasteiger partial charge on any atom is 0.321 e. The lowest BCUT2D eigenvalue weighted by molar-refractivity contribution is -0.137. The van der Waals surface area contributed by atoms with Gasteiger partial charge in [-0.05, 0) is 25.0 Å². The number of carboxylic acid groups (broad SMARTS) is 1. The van der Waals surface area contributed by atoms with Crippen LogP contribution in [0.2, 0.25) is 0 Å². The van der Waals surface area contributed by atoms with Gasteiger partial charge in [0, 0.05) is 25.2 Å². The Kier molecular flexibility index (Phi) is 7.17. The molecular formula is C15H22N2O3. The van der Waals surface area contributed by atoms with Gasteiger partial charge in [-0.3, -0.25) is 9.69 Å².